The number of allylic oxidation sites excluding steroid dienone is 3. The van der Waals surface area contributed by atoms with Crippen molar-refractivity contribution in [1.82, 2.24) is 0 Å². The van der Waals surface area contributed by atoms with Gasteiger partial charge in [-0.3, -0.25) is 0 Å². The second kappa shape index (κ2) is 10.5. The molecule has 0 aromatic heterocycles. The van der Waals surface area contributed by atoms with Gasteiger partial charge in [-0.15, -0.1) is 0 Å². The van der Waals surface area contributed by atoms with E-state index in [1.165, 1.54) is 31.3 Å². The molecule has 4 heteroatoms. The fourth-order valence-corrected chi connectivity index (χ4v) is 10.4. The molecule has 0 unspecified atom stereocenters. The number of fused-ring (bicyclic) bond motifs is 5. The van der Waals surface area contributed by atoms with Gasteiger partial charge < -0.3 is 9.16 Å². The van der Waals surface area contributed by atoms with Crippen LogP contribution in [0.4, 0.5) is 0 Å². The summed E-state index contributed by atoms with van der Waals surface area (Å²) in [6.45, 7) is 24.9. The second-order valence-corrected chi connectivity index (χ2v) is 21.4. The zero-order chi connectivity index (χ0) is 30.0. The highest BCUT2D eigenvalue weighted by Crippen LogP contribution is 2.67. The molecule has 1 aromatic rings. The molecule has 41 heavy (non-hydrogen) atoms. The molecule has 0 radical (unpaired) electrons. The van der Waals surface area contributed by atoms with Crippen molar-refractivity contribution in [3.63, 3.8) is 0 Å². The number of hydrogen-bond donors (Lipinski definition) is 0. The molecular weight excluding hydrogens is 520 g/mol. The molecule has 0 aliphatic heterocycles. The second-order valence-electron chi connectivity index (χ2n) is 16.6. The van der Waals surface area contributed by atoms with Crippen LogP contribution in [0.15, 0.2) is 53.6 Å². The molecule has 0 N–H and O–H groups in total. The van der Waals surface area contributed by atoms with Gasteiger partial charge in [0.1, 0.15) is 6.10 Å². The van der Waals surface area contributed by atoms with Crippen molar-refractivity contribution >= 4 is 14.3 Å². The van der Waals surface area contributed by atoms with E-state index in [1.807, 2.05) is 30.3 Å². The minimum atomic E-state index is -1.74. The molecule has 3 nitrogen and oxygen atoms in total. The maximum atomic E-state index is 13.0. The molecule has 0 spiro atoms. The first-order chi connectivity index (χ1) is 19.0. The number of rotatable bonds is 6. The molecule has 4 aliphatic rings. The molecule has 3 fully saturated rings. The van der Waals surface area contributed by atoms with Gasteiger partial charge in [-0.05, 0) is 103 Å². The average molecular weight is 577 g/mol. The molecule has 5 rings (SSSR count). The number of carbonyl (C=O) groups excluding carboxylic acids is 1. The summed E-state index contributed by atoms with van der Waals surface area (Å²) >= 11 is 0. The van der Waals surface area contributed by atoms with E-state index in [2.05, 4.69) is 80.6 Å². The van der Waals surface area contributed by atoms with Crippen LogP contribution in [-0.4, -0.2) is 27.0 Å². The molecule has 0 amide bonds. The van der Waals surface area contributed by atoms with Gasteiger partial charge >= 0.3 is 5.97 Å². The van der Waals surface area contributed by atoms with Gasteiger partial charge in [0.15, 0.2) is 8.32 Å². The van der Waals surface area contributed by atoms with E-state index >= 15 is 0 Å². The van der Waals surface area contributed by atoms with Gasteiger partial charge in [0.05, 0.1) is 5.56 Å². The summed E-state index contributed by atoms with van der Waals surface area (Å²) in [5.74, 6) is 2.39. The van der Waals surface area contributed by atoms with Crippen molar-refractivity contribution in [2.75, 3.05) is 6.61 Å². The monoisotopic (exact) mass is 576 g/mol. The van der Waals surface area contributed by atoms with Crippen LogP contribution < -0.4 is 0 Å². The highest BCUT2D eigenvalue weighted by molar-refractivity contribution is 6.74. The topological polar surface area (TPSA) is 35.5 Å². The SMILES string of the molecule is C[C@H](CO[Si](C)(C)C(C)(C)C)[C@@H]1CC[C@@H]2C3=CC=C4C(C)(C)[C@@H](OC(=O)c5ccccc5)CC[C@@]4(C)[C@H]3CC[C@]21C. The van der Waals surface area contributed by atoms with Gasteiger partial charge in [-0.2, -0.15) is 0 Å². The van der Waals surface area contributed by atoms with Crippen molar-refractivity contribution in [3.8, 4) is 0 Å². The summed E-state index contributed by atoms with van der Waals surface area (Å²) < 4.78 is 13.0. The van der Waals surface area contributed by atoms with Crippen molar-refractivity contribution in [2.45, 2.75) is 118 Å². The molecule has 4 aliphatic carbocycles. The number of hydrogen-bond acceptors (Lipinski definition) is 3. The third kappa shape index (κ3) is 5.13. The lowest BCUT2D eigenvalue weighted by Crippen LogP contribution is -2.52. The van der Waals surface area contributed by atoms with Gasteiger partial charge in [-0.1, -0.05) is 96.9 Å². The third-order valence-electron chi connectivity index (χ3n) is 12.9. The van der Waals surface area contributed by atoms with Crippen molar-refractivity contribution in [1.29, 1.82) is 0 Å². The zero-order valence-corrected chi connectivity index (χ0v) is 28.6. The minimum absolute atomic E-state index is 0.101. The molecule has 0 saturated heterocycles. The van der Waals surface area contributed by atoms with Gasteiger partial charge in [0, 0.05) is 12.0 Å². The van der Waals surface area contributed by atoms with E-state index in [0.717, 1.165) is 25.4 Å². The number of carbonyl (C=O) groups is 1. The van der Waals surface area contributed by atoms with Crippen LogP contribution in [0.1, 0.15) is 104 Å². The maximum absolute atomic E-state index is 13.0. The largest absolute Gasteiger partial charge is 0.458 e. The average Bonchev–Trinajstić information content (AvgIpc) is 3.26. The normalized spacial score (nSPS) is 35.4. The fraction of sp³-hybridized carbons (Fsp3) is 0.703. The molecule has 3 saturated carbocycles. The zero-order valence-electron chi connectivity index (χ0n) is 27.6. The van der Waals surface area contributed by atoms with Gasteiger partial charge in [0.2, 0.25) is 0 Å². The van der Waals surface area contributed by atoms with Crippen LogP contribution in [0.2, 0.25) is 18.1 Å². The van der Waals surface area contributed by atoms with Crippen LogP contribution in [0.3, 0.4) is 0 Å². The highest BCUT2D eigenvalue weighted by atomic mass is 28.4. The van der Waals surface area contributed by atoms with E-state index in [1.54, 1.807) is 5.57 Å². The van der Waals surface area contributed by atoms with E-state index < -0.39 is 8.32 Å². The lowest BCUT2D eigenvalue weighted by Gasteiger charge is -2.58. The smallest absolute Gasteiger partial charge is 0.338 e. The predicted octanol–water partition coefficient (Wildman–Crippen LogP) is 10.0. The summed E-state index contributed by atoms with van der Waals surface area (Å²) in [7, 11) is -1.74. The third-order valence-corrected chi connectivity index (χ3v) is 17.4. The Kier molecular flexibility index (Phi) is 7.89. The maximum Gasteiger partial charge on any atom is 0.338 e. The summed E-state index contributed by atoms with van der Waals surface area (Å²) in [6, 6.07) is 9.45. The van der Waals surface area contributed by atoms with Crippen LogP contribution in [0.25, 0.3) is 0 Å². The number of ether oxygens (including phenoxy) is 1. The highest BCUT2D eigenvalue weighted by Gasteiger charge is 2.60. The Labute approximate surface area is 251 Å². The lowest BCUT2D eigenvalue weighted by molar-refractivity contribution is -0.0397. The van der Waals surface area contributed by atoms with E-state index in [-0.39, 0.29) is 27.9 Å². The Balaban J connectivity index is 1.35. The predicted molar refractivity (Wildman–Crippen MR) is 172 cm³/mol. The Bertz CT molecular complexity index is 1200. The number of esters is 1. The fourth-order valence-electron chi connectivity index (χ4n) is 9.32. The lowest BCUT2D eigenvalue weighted by atomic mass is 9.47. The van der Waals surface area contributed by atoms with Gasteiger partial charge in [0.25, 0.3) is 0 Å². The molecule has 0 heterocycles. The first-order valence-corrected chi connectivity index (χ1v) is 19.3. The Morgan fingerprint density at radius 2 is 1.63 bits per heavy atom. The van der Waals surface area contributed by atoms with E-state index in [9.17, 15) is 4.79 Å². The van der Waals surface area contributed by atoms with E-state index in [4.69, 9.17) is 9.16 Å². The Morgan fingerprint density at radius 1 is 0.951 bits per heavy atom. The van der Waals surface area contributed by atoms with Crippen LogP contribution in [-0.2, 0) is 9.16 Å². The summed E-state index contributed by atoms with van der Waals surface area (Å²) in [5, 5.41) is 0.256. The van der Waals surface area contributed by atoms with Crippen molar-refractivity contribution in [3.05, 3.63) is 59.2 Å². The van der Waals surface area contributed by atoms with Crippen LogP contribution >= 0.6 is 0 Å². The standard InChI is InChI=1S/C37H56O3Si/c1-25(24-39-41(9,10)34(2,3)4)28-17-18-29-27-16-19-31-35(5,6)32(40-33(38)26-14-12-11-13-15-26)21-23-37(31,8)30(27)20-22-36(28,29)7/h11-16,19,25,28-30,32H,17-18,20-24H2,1-10H3/t25-,28+,29-,30+,32+,36+,37+/m1/s1. The summed E-state index contributed by atoms with van der Waals surface area (Å²) in [6.07, 6.45) is 12.1. The molecule has 0 bridgehead atoms. The minimum Gasteiger partial charge on any atom is -0.458 e. The van der Waals surface area contributed by atoms with Crippen LogP contribution in [0, 0.1) is 39.9 Å². The number of benzene rings is 1. The first-order valence-electron chi connectivity index (χ1n) is 16.3. The van der Waals surface area contributed by atoms with Crippen LogP contribution in [0.5, 0.6) is 0 Å². The van der Waals surface area contributed by atoms with Crippen molar-refractivity contribution in [2.24, 2.45) is 39.9 Å². The first kappa shape index (κ1) is 30.8. The molecule has 226 valence electrons. The summed E-state index contributed by atoms with van der Waals surface area (Å²) in [4.78, 5) is 13.0. The quantitative estimate of drug-likeness (QED) is 0.250. The molecular formula is C37H56O3Si. The Morgan fingerprint density at radius 3 is 2.29 bits per heavy atom. The van der Waals surface area contributed by atoms with E-state index in [0.29, 0.717) is 28.7 Å². The van der Waals surface area contributed by atoms with Gasteiger partial charge in [-0.25, -0.2) is 4.79 Å². The summed E-state index contributed by atoms with van der Waals surface area (Å²) in [5.41, 5.74) is 4.17. The Hall–Kier alpha value is -1.65. The molecule has 7 atom stereocenters. The molecule has 1 aromatic carbocycles. The van der Waals surface area contributed by atoms with Crippen molar-refractivity contribution < 1.29 is 14.0 Å².